The summed E-state index contributed by atoms with van der Waals surface area (Å²) in [5.74, 6) is 0.574. The van der Waals surface area contributed by atoms with E-state index in [0.29, 0.717) is 12.2 Å². The minimum Gasteiger partial charge on any atom is -0.310 e. The Bertz CT molecular complexity index is 1180. The molecule has 30 heavy (non-hydrogen) atoms. The molecule has 1 amide bonds. The second kappa shape index (κ2) is 8.20. The number of nitrogens with one attached hydrogen (secondary N) is 2. The number of rotatable bonds is 6. The van der Waals surface area contributed by atoms with E-state index in [1.54, 1.807) is 10.7 Å². The number of aryl methyl sites for hydroxylation is 1. The van der Waals surface area contributed by atoms with Gasteiger partial charge < -0.3 is 10.6 Å². The van der Waals surface area contributed by atoms with Crippen molar-refractivity contribution in [3.8, 4) is 0 Å². The predicted molar refractivity (Wildman–Crippen MR) is 118 cm³/mol. The van der Waals surface area contributed by atoms with Gasteiger partial charge in [0.15, 0.2) is 9.84 Å². The molecule has 3 aromatic rings. The molecule has 4 rings (SSSR count). The molecule has 0 spiro atoms. The van der Waals surface area contributed by atoms with Crippen LogP contribution in [0.1, 0.15) is 36.7 Å². The Morgan fingerprint density at radius 3 is 2.77 bits per heavy atom. The van der Waals surface area contributed by atoms with E-state index in [1.807, 2.05) is 32.0 Å². The maximum Gasteiger partial charge on any atom is 0.239 e. The normalized spacial score (nSPS) is 19.1. The van der Waals surface area contributed by atoms with Gasteiger partial charge in [-0.05, 0) is 36.6 Å². The van der Waals surface area contributed by atoms with Gasteiger partial charge in [0.2, 0.25) is 5.91 Å². The average Bonchev–Trinajstić information content (AvgIpc) is 3.26. The molecule has 2 N–H and O–H groups in total. The molecule has 0 saturated carbocycles. The van der Waals surface area contributed by atoms with Crippen LogP contribution >= 0.6 is 0 Å². The van der Waals surface area contributed by atoms with Crippen LogP contribution in [0.25, 0.3) is 10.8 Å². The highest BCUT2D eigenvalue weighted by atomic mass is 32.2. The highest BCUT2D eigenvalue weighted by Gasteiger charge is 2.31. The van der Waals surface area contributed by atoms with Crippen molar-refractivity contribution in [3.05, 3.63) is 59.8 Å². The summed E-state index contributed by atoms with van der Waals surface area (Å²) in [6, 6.07) is 15.9. The lowest BCUT2D eigenvalue weighted by Crippen LogP contribution is -2.31. The van der Waals surface area contributed by atoms with Crippen LogP contribution in [-0.2, 0) is 14.6 Å². The van der Waals surface area contributed by atoms with Gasteiger partial charge in [-0.25, -0.2) is 13.1 Å². The lowest BCUT2D eigenvalue weighted by Gasteiger charge is -2.17. The van der Waals surface area contributed by atoms with Crippen molar-refractivity contribution >= 4 is 32.3 Å². The minimum atomic E-state index is -3.04. The fourth-order valence-corrected chi connectivity index (χ4v) is 5.72. The smallest absolute Gasteiger partial charge is 0.239 e. The average molecular weight is 427 g/mol. The number of fused-ring (bicyclic) bond motifs is 1. The molecule has 8 heteroatoms. The number of hydrogen-bond acceptors (Lipinski definition) is 5. The molecule has 2 heterocycles. The maximum absolute atomic E-state index is 12.6. The zero-order valence-corrected chi connectivity index (χ0v) is 17.9. The lowest BCUT2D eigenvalue weighted by atomic mass is 10.00. The van der Waals surface area contributed by atoms with Crippen LogP contribution in [0, 0.1) is 6.92 Å². The van der Waals surface area contributed by atoms with E-state index in [2.05, 4.69) is 40.0 Å². The topological polar surface area (TPSA) is 93.1 Å². The maximum atomic E-state index is 12.6. The number of carbonyl (C=O) groups excluding carboxylic acids is 1. The second-order valence-electron chi connectivity index (χ2n) is 7.89. The molecule has 2 atom stereocenters. The summed E-state index contributed by atoms with van der Waals surface area (Å²) >= 11 is 0. The molecule has 0 bridgehead atoms. The Morgan fingerprint density at radius 1 is 1.23 bits per heavy atom. The van der Waals surface area contributed by atoms with Crippen molar-refractivity contribution in [2.45, 2.75) is 32.4 Å². The Labute approximate surface area is 176 Å². The van der Waals surface area contributed by atoms with Gasteiger partial charge in [0.05, 0.1) is 29.8 Å². The number of carbonyl (C=O) groups is 1. The molecule has 7 nitrogen and oxygen atoms in total. The molecule has 0 aliphatic carbocycles. The van der Waals surface area contributed by atoms with Gasteiger partial charge in [-0.3, -0.25) is 4.79 Å². The number of amides is 1. The number of benzene rings is 2. The van der Waals surface area contributed by atoms with E-state index in [4.69, 9.17) is 0 Å². The molecule has 1 aromatic heterocycles. The van der Waals surface area contributed by atoms with Crippen LogP contribution in [0.3, 0.4) is 0 Å². The van der Waals surface area contributed by atoms with Gasteiger partial charge in [-0.15, -0.1) is 0 Å². The monoisotopic (exact) mass is 426 g/mol. The highest BCUT2D eigenvalue weighted by molar-refractivity contribution is 7.91. The molecular weight excluding hydrogens is 400 g/mol. The van der Waals surface area contributed by atoms with Crippen LogP contribution in [0.2, 0.25) is 0 Å². The third-order valence-electron chi connectivity index (χ3n) is 5.54. The molecule has 2 unspecified atom stereocenters. The number of hydrogen-bond donors (Lipinski definition) is 2. The Hall–Kier alpha value is -2.71. The van der Waals surface area contributed by atoms with Crippen LogP contribution < -0.4 is 10.6 Å². The van der Waals surface area contributed by atoms with E-state index in [-0.39, 0.29) is 36.0 Å². The Balaban J connectivity index is 1.42. The Morgan fingerprint density at radius 2 is 2.00 bits per heavy atom. The first-order valence-corrected chi connectivity index (χ1v) is 11.9. The standard InChI is InChI=1S/C22H26N4O3S/c1-15-12-21(26(25-15)18-10-11-30(28,29)14-18)24-22(27)13-23-16(2)19-9-5-7-17-6-3-4-8-20(17)19/h3-9,12,16,18,23H,10-11,13-14H2,1-2H3,(H,24,27). The first-order chi connectivity index (χ1) is 14.3. The SMILES string of the molecule is Cc1cc(NC(=O)CNC(C)c2cccc3ccccc23)n(C2CCS(=O)(=O)C2)n1. The van der Waals surface area contributed by atoms with Gasteiger partial charge in [0.25, 0.3) is 0 Å². The second-order valence-corrected chi connectivity index (χ2v) is 10.1. The number of sulfone groups is 1. The summed E-state index contributed by atoms with van der Waals surface area (Å²) in [7, 11) is -3.04. The third kappa shape index (κ3) is 4.39. The molecule has 1 saturated heterocycles. The summed E-state index contributed by atoms with van der Waals surface area (Å²) in [5, 5.41) is 12.9. The third-order valence-corrected chi connectivity index (χ3v) is 7.29. The van der Waals surface area contributed by atoms with E-state index < -0.39 is 9.84 Å². The van der Waals surface area contributed by atoms with E-state index in [1.165, 1.54) is 5.39 Å². The lowest BCUT2D eigenvalue weighted by molar-refractivity contribution is -0.115. The van der Waals surface area contributed by atoms with Crippen LogP contribution in [0.15, 0.2) is 48.5 Å². The number of anilines is 1. The van der Waals surface area contributed by atoms with E-state index >= 15 is 0 Å². The van der Waals surface area contributed by atoms with Crippen LogP contribution in [-0.4, -0.2) is 42.2 Å². The van der Waals surface area contributed by atoms with Gasteiger partial charge in [-0.1, -0.05) is 42.5 Å². The molecule has 1 aliphatic heterocycles. The fraction of sp³-hybridized carbons (Fsp3) is 0.364. The first kappa shape index (κ1) is 20.6. The zero-order valence-electron chi connectivity index (χ0n) is 17.1. The largest absolute Gasteiger partial charge is 0.310 e. The molecule has 1 aliphatic rings. The van der Waals surface area contributed by atoms with Crippen molar-refractivity contribution in [1.82, 2.24) is 15.1 Å². The van der Waals surface area contributed by atoms with E-state index in [0.717, 1.165) is 16.6 Å². The van der Waals surface area contributed by atoms with Gasteiger partial charge >= 0.3 is 0 Å². The van der Waals surface area contributed by atoms with Crippen molar-refractivity contribution in [2.75, 3.05) is 23.4 Å². The molecular formula is C22H26N4O3S. The van der Waals surface area contributed by atoms with E-state index in [9.17, 15) is 13.2 Å². The molecule has 158 valence electrons. The molecule has 1 fully saturated rings. The first-order valence-electron chi connectivity index (χ1n) is 10.1. The predicted octanol–water partition coefficient (Wildman–Crippen LogP) is 2.99. The number of nitrogens with zero attached hydrogens (tertiary/aromatic N) is 2. The summed E-state index contributed by atoms with van der Waals surface area (Å²) in [6.45, 7) is 4.00. The quantitative estimate of drug-likeness (QED) is 0.632. The van der Waals surface area contributed by atoms with Gasteiger partial charge in [0, 0.05) is 12.1 Å². The van der Waals surface area contributed by atoms with Crippen LogP contribution in [0.5, 0.6) is 0 Å². The molecule has 0 radical (unpaired) electrons. The fourth-order valence-electron chi connectivity index (χ4n) is 4.03. The van der Waals surface area contributed by atoms with Gasteiger partial charge in [-0.2, -0.15) is 5.10 Å². The number of aromatic nitrogens is 2. The summed E-state index contributed by atoms with van der Waals surface area (Å²) in [4.78, 5) is 12.6. The highest BCUT2D eigenvalue weighted by Crippen LogP contribution is 2.27. The summed E-state index contributed by atoms with van der Waals surface area (Å²) < 4.78 is 25.3. The summed E-state index contributed by atoms with van der Waals surface area (Å²) in [6.07, 6.45) is 0.517. The minimum absolute atomic E-state index is 0.00604. The Kier molecular flexibility index (Phi) is 5.62. The van der Waals surface area contributed by atoms with Crippen molar-refractivity contribution in [3.63, 3.8) is 0 Å². The summed E-state index contributed by atoms with van der Waals surface area (Å²) in [5.41, 5.74) is 1.88. The van der Waals surface area contributed by atoms with Crippen LogP contribution in [0.4, 0.5) is 5.82 Å². The molecule has 2 aromatic carbocycles. The van der Waals surface area contributed by atoms with Crippen molar-refractivity contribution in [2.24, 2.45) is 0 Å². The van der Waals surface area contributed by atoms with Crippen molar-refractivity contribution in [1.29, 1.82) is 0 Å². The van der Waals surface area contributed by atoms with Crippen molar-refractivity contribution < 1.29 is 13.2 Å². The zero-order chi connectivity index (χ0) is 21.3. The van der Waals surface area contributed by atoms with Gasteiger partial charge in [0.1, 0.15) is 5.82 Å².